The van der Waals surface area contributed by atoms with Crippen molar-refractivity contribution in [2.45, 2.75) is 51.2 Å². The number of nitrogens with one attached hydrogen (secondary N) is 1. The minimum absolute atomic E-state index is 0.202. The van der Waals surface area contributed by atoms with E-state index < -0.39 is 11.7 Å². The average molecular weight is 558 g/mol. The van der Waals surface area contributed by atoms with Crippen molar-refractivity contribution in [3.8, 4) is 23.0 Å². The molecule has 0 spiro atoms. The highest BCUT2D eigenvalue weighted by molar-refractivity contribution is 5.84. The molecule has 1 aromatic heterocycles. The number of nitrogens with zero attached hydrogens (tertiary/aromatic N) is 4. The molecule has 0 unspecified atom stereocenters. The van der Waals surface area contributed by atoms with Crippen LogP contribution in [0.1, 0.15) is 44.6 Å². The highest BCUT2D eigenvalue weighted by Crippen LogP contribution is 2.33. The smallest absolute Gasteiger partial charge is 0.416 e. The average Bonchev–Trinajstić information content (AvgIpc) is 2.98. The third-order valence-corrected chi connectivity index (χ3v) is 7.35. The molecule has 1 aliphatic heterocycles. The molecule has 3 aliphatic rings. The van der Waals surface area contributed by atoms with Gasteiger partial charge in [-0.1, -0.05) is 31.4 Å². The molecule has 1 N–H and O–H groups in total. The zero-order chi connectivity index (χ0) is 28.4. The summed E-state index contributed by atoms with van der Waals surface area (Å²) in [5.41, 5.74) is 4.46. The summed E-state index contributed by atoms with van der Waals surface area (Å²) in [6.45, 7) is 2.45. The maximum Gasteiger partial charge on any atom is 0.416 e. The summed E-state index contributed by atoms with van der Waals surface area (Å²) in [6, 6.07) is 20.7. The number of alkyl halides is 3. The normalized spacial score (nSPS) is 15.0. The lowest BCUT2D eigenvalue weighted by Crippen LogP contribution is -2.19. The Kier molecular flexibility index (Phi) is 7.34. The van der Waals surface area contributed by atoms with Crippen LogP contribution in [0, 0.1) is 0 Å². The van der Waals surface area contributed by atoms with Crippen molar-refractivity contribution in [3.05, 3.63) is 89.9 Å². The van der Waals surface area contributed by atoms with Gasteiger partial charge in [0.1, 0.15) is 0 Å². The van der Waals surface area contributed by atoms with Gasteiger partial charge in [0.15, 0.2) is 0 Å². The summed E-state index contributed by atoms with van der Waals surface area (Å²) >= 11 is 0. The van der Waals surface area contributed by atoms with E-state index in [1.165, 1.54) is 18.6 Å². The Labute approximate surface area is 235 Å². The minimum Gasteiger partial charge on any atom is -0.478 e. The van der Waals surface area contributed by atoms with Crippen LogP contribution in [0.25, 0.3) is 28.1 Å². The predicted molar refractivity (Wildman–Crippen MR) is 154 cm³/mol. The highest BCUT2D eigenvalue weighted by Gasteiger charge is 2.30. The maximum absolute atomic E-state index is 13.3. The molecule has 2 aromatic carbocycles. The molecule has 2 aliphatic carbocycles. The molecular weight excluding hydrogens is 527 g/mol. The van der Waals surface area contributed by atoms with Gasteiger partial charge in [-0.3, -0.25) is 4.99 Å². The zero-order valence-corrected chi connectivity index (χ0v) is 22.7. The number of pyridine rings is 1. The fourth-order valence-corrected chi connectivity index (χ4v) is 5.38. The molecule has 9 heteroatoms. The topological polar surface area (TPSA) is 64.3 Å². The number of fused-ring (bicyclic) bond motifs is 2. The van der Waals surface area contributed by atoms with Crippen LogP contribution < -0.4 is 15.4 Å². The molecule has 1 saturated carbocycles. The molecule has 0 atom stereocenters. The third kappa shape index (κ3) is 5.75. The molecule has 0 bridgehead atoms. The van der Waals surface area contributed by atoms with Crippen LogP contribution in [0.15, 0.2) is 84.0 Å². The maximum atomic E-state index is 13.3. The van der Waals surface area contributed by atoms with Crippen molar-refractivity contribution in [2.24, 2.45) is 4.99 Å². The van der Waals surface area contributed by atoms with Crippen molar-refractivity contribution < 1.29 is 17.9 Å². The Morgan fingerprint density at radius 2 is 1.76 bits per heavy atom. The van der Waals surface area contributed by atoms with E-state index in [0.717, 1.165) is 71.3 Å². The number of aromatic nitrogens is 3. The van der Waals surface area contributed by atoms with Gasteiger partial charge in [-0.2, -0.15) is 13.2 Å². The number of benzene rings is 3. The molecule has 3 aromatic rings. The summed E-state index contributed by atoms with van der Waals surface area (Å²) in [5.74, 6) is 0.550. The first-order valence-corrected chi connectivity index (χ1v) is 13.9. The Bertz CT molecular complexity index is 1690. The molecule has 0 radical (unpaired) electrons. The molecule has 1 fully saturated rings. The number of halogens is 3. The van der Waals surface area contributed by atoms with E-state index in [9.17, 15) is 13.2 Å². The second-order valence-corrected chi connectivity index (χ2v) is 10.2. The largest absolute Gasteiger partial charge is 0.478 e. The van der Waals surface area contributed by atoms with Crippen molar-refractivity contribution in [2.75, 3.05) is 11.9 Å². The van der Waals surface area contributed by atoms with Crippen LogP contribution in [0.2, 0.25) is 0 Å². The van der Waals surface area contributed by atoms with Gasteiger partial charge in [0.2, 0.25) is 5.88 Å². The third-order valence-electron chi connectivity index (χ3n) is 7.35. The number of hydrogen-bond donors (Lipinski definition) is 1. The second-order valence-electron chi connectivity index (χ2n) is 10.2. The van der Waals surface area contributed by atoms with Crippen molar-refractivity contribution in [3.63, 3.8) is 0 Å². The molecule has 2 heterocycles. The van der Waals surface area contributed by atoms with E-state index in [1.54, 1.807) is 6.20 Å². The predicted octanol–water partition coefficient (Wildman–Crippen LogP) is 7.92. The fourth-order valence-electron chi connectivity index (χ4n) is 5.38. The summed E-state index contributed by atoms with van der Waals surface area (Å²) in [4.78, 5) is 14.5. The van der Waals surface area contributed by atoms with Gasteiger partial charge in [-0.25, -0.2) is 9.97 Å². The van der Waals surface area contributed by atoms with Crippen molar-refractivity contribution in [1.82, 2.24) is 14.5 Å². The summed E-state index contributed by atoms with van der Waals surface area (Å²) in [6.07, 6.45) is 2.87. The number of para-hydroxylation sites is 2. The van der Waals surface area contributed by atoms with E-state index in [4.69, 9.17) is 14.7 Å². The molecule has 0 amide bonds. The van der Waals surface area contributed by atoms with E-state index in [1.807, 2.05) is 60.0 Å². The van der Waals surface area contributed by atoms with E-state index in [-0.39, 0.29) is 6.04 Å². The molecular formula is C32H30F3N5O. The van der Waals surface area contributed by atoms with Gasteiger partial charge in [0, 0.05) is 11.8 Å². The van der Waals surface area contributed by atoms with Gasteiger partial charge in [0.05, 0.1) is 63.6 Å². The molecule has 41 heavy (non-hydrogen) atoms. The van der Waals surface area contributed by atoms with Crippen LogP contribution in [0.3, 0.4) is 0 Å². The van der Waals surface area contributed by atoms with E-state index in [2.05, 4.69) is 10.3 Å². The summed E-state index contributed by atoms with van der Waals surface area (Å²) < 4.78 is 47.5. The highest BCUT2D eigenvalue weighted by atomic mass is 19.4. The van der Waals surface area contributed by atoms with Crippen LogP contribution in [-0.4, -0.2) is 27.2 Å². The lowest BCUT2D eigenvalue weighted by atomic mass is 9.96. The van der Waals surface area contributed by atoms with Crippen molar-refractivity contribution >= 4 is 22.4 Å². The van der Waals surface area contributed by atoms with Gasteiger partial charge in [-0.15, -0.1) is 0 Å². The fraction of sp³-hybridized carbons (Fsp3) is 0.281. The van der Waals surface area contributed by atoms with E-state index in [0.29, 0.717) is 23.9 Å². The molecule has 6 rings (SSSR count). The lowest BCUT2D eigenvalue weighted by molar-refractivity contribution is -0.137. The van der Waals surface area contributed by atoms with Crippen LogP contribution in [0.4, 0.5) is 24.5 Å². The lowest BCUT2D eigenvalue weighted by Gasteiger charge is -2.22. The number of rotatable bonds is 6. The molecule has 0 saturated heterocycles. The summed E-state index contributed by atoms with van der Waals surface area (Å²) in [5, 5.41) is 4.24. The molecule has 6 nitrogen and oxygen atoms in total. The first-order valence-electron chi connectivity index (χ1n) is 13.9. The van der Waals surface area contributed by atoms with Crippen LogP contribution in [0.5, 0.6) is 5.88 Å². The van der Waals surface area contributed by atoms with Gasteiger partial charge >= 0.3 is 6.18 Å². The number of ether oxygens (including phenoxy) is 1. The Balaban J connectivity index is 1.54. The molecule has 210 valence electrons. The SMILES string of the molecule is CCOc1ccc(Nc2cc3nc4ccccc4n(-c4ccc(C(F)(F)F)cc4)c-3cc2=NC2CCCCC2)cn1. The standard InChI is InChI=1S/C32H30F3N5O/c1-2-41-31-17-14-23(20-36-31)38-26-18-28-30(19-27(26)37-22-8-4-3-5-9-22)40(29-11-7-6-10-25(29)39-28)24-15-12-21(13-16-24)32(33,34)35/h6-7,10-20,22,38H,2-5,8-9H2,1H3. The quantitative estimate of drug-likeness (QED) is 0.216. The second kappa shape index (κ2) is 11.2. The van der Waals surface area contributed by atoms with Crippen molar-refractivity contribution in [1.29, 1.82) is 0 Å². The minimum atomic E-state index is -4.41. The van der Waals surface area contributed by atoms with Gasteiger partial charge in [-0.05, 0) is 74.4 Å². The summed E-state index contributed by atoms with van der Waals surface area (Å²) in [7, 11) is 0. The van der Waals surface area contributed by atoms with Crippen LogP contribution >= 0.6 is 0 Å². The first-order chi connectivity index (χ1) is 19.9. The first kappa shape index (κ1) is 26.8. The number of hydrogen-bond acceptors (Lipinski definition) is 5. The zero-order valence-electron chi connectivity index (χ0n) is 22.7. The van der Waals surface area contributed by atoms with Gasteiger partial charge in [0.25, 0.3) is 0 Å². The van der Waals surface area contributed by atoms with E-state index >= 15 is 0 Å². The Hall–Kier alpha value is -4.40. The van der Waals surface area contributed by atoms with Gasteiger partial charge < -0.3 is 14.6 Å². The Morgan fingerprint density at radius 1 is 0.976 bits per heavy atom. The monoisotopic (exact) mass is 557 g/mol. The van der Waals surface area contributed by atoms with Crippen LogP contribution in [-0.2, 0) is 6.18 Å². The number of anilines is 2. The Morgan fingerprint density at radius 3 is 2.46 bits per heavy atom.